The van der Waals surface area contributed by atoms with E-state index in [1.54, 1.807) is 13.8 Å². The van der Waals surface area contributed by atoms with E-state index in [-0.39, 0.29) is 35.6 Å². The zero-order chi connectivity index (χ0) is 9.78. The van der Waals surface area contributed by atoms with Crippen LogP contribution in [0.2, 0.25) is 0 Å². The first-order valence-corrected chi connectivity index (χ1v) is 3.28. The maximum atomic E-state index is 11.5. The number of hydrogen-bond donors (Lipinski definition) is 0. The van der Waals surface area contributed by atoms with Crippen molar-refractivity contribution in [3.8, 4) is 0 Å². The molecule has 0 saturated heterocycles. The van der Waals surface area contributed by atoms with Crippen LogP contribution in [0.1, 0.15) is 13.8 Å². The monoisotopic (exact) mass is 206 g/mol. The molecule has 0 atom stereocenters. The molecule has 0 bridgehead atoms. The van der Waals surface area contributed by atoms with Crippen LogP contribution in [-0.4, -0.2) is 47.8 Å². The molecule has 0 N–H and O–H groups in total. The fraction of sp³-hybridized carbons (Fsp3) is 0.571. The van der Waals surface area contributed by atoms with Gasteiger partial charge in [0.25, 0.3) is 0 Å². The molecule has 0 aliphatic heterocycles. The molecule has 0 fully saturated rings. The number of hydrogen-bond acceptors (Lipinski definition) is 2. The van der Waals surface area contributed by atoms with Crippen LogP contribution in [-0.2, 0) is 9.53 Å². The maximum absolute atomic E-state index is 11.5. The molecule has 0 aromatic carbocycles. The van der Waals surface area contributed by atoms with Gasteiger partial charge in [-0.3, -0.25) is 0 Å². The molecule has 0 spiro atoms. The van der Waals surface area contributed by atoms with E-state index in [0.717, 1.165) is 0 Å². The summed E-state index contributed by atoms with van der Waals surface area (Å²) >= 11 is 0. The molecule has 0 heterocycles. The Labute approximate surface area is 96.4 Å². The van der Waals surface area contributed by atoms with Gasteiger partial charge in [-0.1, -0.05) is 0 Å². The van der Waals surface area contributed by atoms with Gasteiger partial charge in [-0.15, -0.1) is 0 Å². The van der Waals surface area contributed by atoms with E-state index in [2.05, 4.69) is 4.74 Å². The molecule has 0 radical (unpaired) electrons. The summed E-state index contributed by atoms with van der Waals surface area (Å²) in [6.07, 6.45) is -4.66. The summed E-state index contributed by atoms with van der Waals surface area (Å²) in [7, 11) is 0. The van der Waals surface area contributed by atoms with Crippen LogP contribution >= 0.6 is 0 Å². The number of esters is 1. The first-order chi connectivity index (χ1) is 5.31. The van der Waals surface area contributed by atoms with Crippen molar-refractivity contribution < 1.29 is 22.7 Å². The summed E-state index contributed by atoms with van der Waals surface area (Å²) in [6.45, 7) is 3.11. The van der Waals surface area contributed by atoms with Crippen LogP contribution in [0.3, 0.4) is 0 Å². The second kappa shape index (κ2) is 6.45. The Kier molecular flexibility index (Phi) is 7.68. The molecule has 0 aromatic heterocycles. The van der Waals surface area contributed by atoms with E-state index in [0.29, 0.717) is 6.08 Å². The van der Waals surface area contributed by atoms with Crippen molar-refractivity contribution >= 4 is 35.5 Å². The van der Waals surface area contributed by atoms with Crippen molar-refractivity contribution in [2.45, 2.75) is 26.1 Å². The third-order valence-electron chi connectivity index (χ3n) is 0.760. The number of alkyl halides is 3. The van der Waals surface area contributed by atoms with E-state index in [4.69, 9.17) is 0 Å². The number of halogens is 3. The molecule has 6 heteroatoms. The first kappa shape index (κ1) is 15.5. The Morgan fingerprint density at radius 1 is 1.38 bits per heavy atom. The Hall–Kier alpha value is -0.000000000000000222. The third kappa shape index (κ3) is 12.0. The molecule has 13 heavy (non-hydrogen) atoms. The van der Waals surface area contributed by atoms with Crippen molar-refractivity contribution in [1.29, 1.82) is 0 Å². The van der Waals surface area contributed by atoms with E-state index < -0.39 is 18.2 Å². The van der Waals surface area contributed by atoms with Crippen LogP contribution in [0.15, 0.2) is 12.2 Å². The first-order valence-electron chi connectivity index (χ1n) is 3.28. The van der Waals surface area contributed by atoms with Gasteiger partial charge in [-0.2, -0.15) is 13.2 Å². The number of allylic oxidation sites excluding steroid dienone is 1. The number of carbonyl (C=O) groups is 1. The van der Waals surface area contributed by atoms with E-state index in [1.807, 2.05) is 0 Å². The van der Waals surface area contributed by atoms with Crippen LogP contribution in [0.4, 0.5) is 13.2 Å². The van der Waals surface area contributed by atoms with Gasteiger partial charge in [0.15, 0.2) is 0 Å². The van der Waals surface area contributed by atoms with Crippen LogP contribution < -0.4 is 0 Å². The minimum absolute atomic E-state index is 0. The molecule has 0 aromatic rings. The molecule has 72 valence electrons. The standard InChI is InChI=1S/C7H9F3O2.Na.H/c1-5(2)12-6(11)3-4-7(8,9)10;;/h3-5H,1-2H3;;. The van der Waals surface area contributed by atoms with Gasteiger partial charge in [0.05, 0.1) is 6.10 Å². The summed E-state index contributed by atoms with van der Waals surface area (Å²) < 4.78 is 38.8. The normalized spacial score (nSPS) is 11.5. The quantitative estimate of drug-likeness (QED) is 0.388. The minimum atomic E-state index is -4.46. The number of rotatable bonds is 2. The Morgan fingerprint density at radius 2 is 1.85 bits per heavy atom. The van der Waals surface area contributed by atoms with Crippen molar-refractivity contribution in [1.82, 2.24) is 0 Å². The summed E-state index contributed by atoms with van der Waals surface area (Å²) in [4.78, 5) is 10.5. The fourth-order valence-electron chi connectivity index (χ4n) is 0.434. The predicted octanol–water partition coefficient (Wildman–Crippen LogP) is 1.41. The van der Waals surface area contributed by atoms with Gasteiger partial charge in [-0.25, -0.2) is 4.79 Å². The Balaban J connectivity index is 0. The average Bonchev–Trinajstić information content (AvgIpc) is 1.80. The van der Waals surface area contributed by atoms with E-state index >= 15 is 0 Å². The average molecular weight is 206 g/mol. The Morgan fingerprint density at radius 3 is 2.15 bits per heavy atom. The Bertz CT molecular complexity index is 187. The summed E-state index contributed by atoms with van der Waals surface area (Å²) in [6, 6.07) is 0. The van der Waals surface area contributed by atoms with Gasteiger partial charge in [-0.05, 0) is 13.8 Å². The van der Waals surface area contributed by atoms with Crippen LogP contribution in [0, 0.1) is 0 Å². The summed E-state index contributed by atoms with van der Waals surface area (Å²) in [5.74, 6) is -0.984. The predicted molar refractivity (Wildman–Crippen MR) is 43.6 cm³/mol. The van der Waals surface area contributed by atoms with Crippen LogP contribution in [0.25, 0.3) is 0 Å². The molecule has 2 nitrogen and oxygen atoms in total. The van der Waals surface area contributed by atoms with Crippen molar-refractivity contribution in [2.75, 3.05) is 0 Å². The number of carbonyl (C=O) groups excluding carboxylic acids is 1. The molecule has 0 saturated carbocycles. The number of ether oxygens (including phenoxy) is 1. The molecule has 0 amide bonds. The van der Waals surface area contributed by atoms with Crippen molar-refractivity contribution in [3.63, 3.8) is 0 Å². The second-order valence-electron chi connectivity index (χ2n) is 2.36. The molecular weight excluding hydrogens is 196 g/mol. The molecule has 0 rings (SSSR count). The van der Waals surface area contributed by atoms with Crippen molar-refractivity contribution in [3.05, 3.63) is 12.2 Å². The van der Waals surface area contributed by atoms with Gasteiger partial charge in [0.1, 0.15) is 0 Å². The van der Waals surface area contributed by atoms with Crippen molar-refractivity contribution in [2.24, 2.45) is 0 Å². The molecular formula is C7H10F3NaO2. The van der Waals surface area contributed by atoms with Gasteiger partial charge in [0, 0.05) is 12.2 Å². The summed E-state index contributed by atoms with van der Waals surface area (Å²) in [5.41, 5.74) is 0. The zero-order valence-electron chi connectivity index (χ0n) is 6.68. The molecule has 0 unspecified atom stereocenters. The van der Waals surface area contributed by atoms with Crippen LogP contribution in [0.5, 0.6) is 0 Å². The summed E-state index contributed by atoms with van der Waals surface area (Å²) in [5, 5.41) is 0. The zero-order valence-corrected chi connectivity index (χ0v) is 6.68. The topological polar surface area (TPSA) is 26.3 Å². The SMILES string of the molecule is CC(C)OC(=O)C=CC(F)(F)F.[NaH]. The van der Waals surface area contributed by atoms with E-state index in [9.17, 15) is 18.0 Å². The molecule has 0 aliphatic carbocycles. The second-order valence-corrected chi connectivity index (χ2v) is 2.36. The fourth-order valence-corrected chi connectivity index (χ4v) is 0.434. The van der Waals surface area contributed by atoms with Gasteiger partial charge < -0.3 is 4.74 Å². The third-order valence-corrected chi connectivity index (χ3v) is 0.760. The van der Waals surface area contributed by atoms with Gasteiger partial charge in [0.2, 0.25) is 0 Å². The van der Waals surface area contributed by atoms with E-state index in [1.165, 1.54) is 0 Å². The van der Waals surface area contributed by atoms with Gasteiger partial charge >= 0.3 is 41.7 Å². The molecule has 0 aliphatic rings.